The third-order valence-corrected chi connectivity index (χ3v) is 9.17. The average molecular weight is 667 g/mol. The fourth-order valence-electron chi connectivity index (χ4n) is 7.74. The Balaban J connectivity index is 2.14. The summed E-state index contributed by atoms with van der Waals surface area (Å²) in [5.41, 5.74) is -8.08. The van der Waals surface area contributed by atoms with E-state index in [1.807, 2.05) is 0 Å². The zero-order valence-electron chi connectivity index (χ0n) is 27.9. The van der Waals surface area contributed by atoms with Gasteiger partial charge in [0.15, 0.2) is 17.8 Å². The molecule has 0 aromatic carbocycles. The highest BCUT2D eigenvalue weighted by molar-refractivity contribution is 5.89. The predicted octanol–water partition coefficient (Wildman–Crippen LogP) is 2.05. The van der Waals surface area contributed by atoms with Gasteiger partial charge in [0.2, 0.25) is 0 Å². The fourth-order valence-corrected chi connectivity index (χ4v) is 7.74. The first kappa shape index (κ1) is 35.9. The molecule has 1 spiro atoms. The first-order valence-electron chi connectivity index (χ1n) is 15.2. The maximum atomic E-state index is 13.3. The summed E-state index contributed by atoms with van der Waals surface area (Å²) in [6.45, 7) is 11.2. The van der Waals surface area contributed by atoms with E-state index in [4.69, 9.17) is 37.6 Å². The third-order valence-electron chi connectivity index (χ3n) is 9.17. The van der Waals surface area contributed by atoms with Gasteiger partial charge in [0.1, 0.15) is 36.6 Å². The lowest BCUT2D eigenvalue weighted by molar-refractivity contribution is -0.363. The molecule has 2 saturated carbocycles. The van der Waals surface area contributed by atoms with Crippen molar-refractivity contribution in [2.45, 2.75) is 116 Å². The average Bonchev–Trinajstić information content (AvgIpc) is 3.52. The van der Waals surface area contributed by atoms with Crippen LogP contribution in [0.25, 0.3) is 0 Å². The molecule has 3 fully saturated rings. The number of ether oxygens (including phenoxy) is 7. The first-order valence-corrected chi connectivity index (χ1v) is 15.2. The van der Waals surface area contributed by atoms with Crippen LogP contribution in [0.4, 0.5) is 0 Å². The lowest BCUT2D eigenvalue weighted by Crippen LogP contribution is -2.85. The lowest BCUT2D eigenvalue weighted by atomic mass is 9.45. The maximum absolute atomic E-state index is 13.3. The van der Waals surface area contributed by atoms with Gasteiger partial charge in [0, 0.05) is 34.1 Å². The van der Waals surface area contributed by atoms with Crippen LogP contribution < -0.4 is 0 Å². The Kier molecular flexibility index (Phi) is 9.59. The van der Waals surface area contributed by atoms with Crippen molar-refractivity contribution in [3.63, 3.8) is 0 Å². The second-order valence-electron chi connectivity index (χ2n) is 13.4. The first-order chi connectivity index (χ1) is 21.7. The number of aliphatic hydroxyl groups is 1. The highest BCUT2D eigenvalue weighted by Gasteiger charge is 2.89. The summed E-state index contributed by atoms with van der Waals surface area (Å²) in [7, 11) is 0. The summed E-state index contributed by atoms with van der Waals surface area (Å²) < 4.78 is 47.1. The molecule has 4 rings (SSSR count). The summed E-state index contributed by atoms with van der Waals surface area (Å²) in [4.78, 5) is 77.7. The number of furan rings is 1. The molecule has 260 valence electrons. The molecular formula is C32H42O15. The van der Waals surface area contributed by atoms with E-state index < -0.39 is 113 Å². The zero-order valence-corrected chi connectivity index (χ0v) is 27.9. The van der Waals surface area contributed by atoms with E-state index in [1.54, 1.807) is 27.7 Å². The quantitative estimate of drug-likeness (QED) is 0.296. The Morgan fingerprint density at radius 3 is 1.91 bits per heavy atom. The molecule has 3 aliphatic rings. The van der Waals surface area contributed by atoms with Crippen LogP contribution in [0.5, 0.6) is 0 Å². The van der Waals surface area contributed by atoms with E-state index in [-0.39, 0.29) is 5.56 Å². The van der Waals surface area contributed by atoms with Crippen molar-refractivity contribution in [3.8, 4) is 0 Å². The van der Waals surface area contributed by atoms with Gasteiger partial charge in [-0.05, 0) is 26.8 Å². The second kappa shape index (κ2) is 12.6. The van der Waals surface area contributed by atoms with Crippen molar-refractivity contribution >= 4 is 35.8 Å². The summed E-state index contributed by atoms with van der Waals surface area (Å²) >= 11 is 0. The Morgan fingerprint density at radius 1 is 0.851 bits per heavy atom. The van der Waals surface area contributed by atoms with Crippen LogP contribution in [-0.4, -0.2) is 94.9 Å². The standard InChI is InChI=1S/C32H42O15/c1-15(2)27(37)41-14-31-24(43-17(4)34)21(46-28(38)20-10-11-40-13-20)12-30(9,39)32(31)25(44-18(5)35)22(29(7,8)47-32)23(42-16(3)33)26(31)45-19(6)36/h10-11,13,15,21-26,39H,12,14H2,1-9H3/t21-,22+,23+,24-,25+,26-,30-,31-,32-/m1/s1. The molecule has 2 heterocycles. The molecule has 15 nitrogen and oxygen atoms in total. The minimum absolute atomic E-state index is 0.0131. The van der Waals surface area contributed by atoms with Gasteiger partial charge >= 0.3 is 35.8 Å². The minimum Gasteiger partial charge on any atom is -0.472 e. The molecule has 15 heteroatoms. The van der Waals surface area contributed by atoms with E-state index in [0.29, 0.717) is 0 Å². The number of hydrogen-bond donors (Lipinski definition) is 1. The molecule has 1 aliphatic heterocycles. The smallest absolute Gasteiger partial charge is 0.341 e. The van der Waals surface area contributed by atoms with Gasteiger partial charge in [0.05, 0.1) is 34.9 Å². The van der Waals surface area contributed by atoms with Crippen LogP contribution in [0.1, 0.15) is 79.1 Å². The molecule has 2 aliphatic carbocycles. The molecule has 9 atom stereocenters. The Labute approximate surface area is 271 Å². The molecule has 1 N–H and O–H groups in total. The number of carbonyl (C=O) groups excluding carboxylic acids is 6. The second-order valence-corrected chi connectivity index (χ2v) is 13.4. The van der Waals surface area contributed by atoms with Gasteiger partial charge in [-0.25, -0.2) is 4.79 Å². The van der Waals surface area contributed by atoms with Crippen molar-refractivity contribution in [1.82, 2.24) is 0 Å². The SMILES string of the molecule is CC(=O)O[C@H]1[C@H]2[C@H](OC(C)=O)[C@]3(OC2(C)C)[C@@](COC(=O)C(C)C)([C@@H]1OC(C)=O)[C@H](OC(C)=O)[C@H](OC(=O)c1ccoc1)C[C@@]3(C)O. The van der Waals surface area contributed by atoms with Crippen LogP contribution >= 0.6 is 0 Å². The number of rotatable bonds is 9. The summed E-state index contributed by atoms with van der Waals surface area (Å²) in [5, 5.41) is 12.6. The van der Waals surface area contributed by atoms with E-state index >= 15 is 0 Å². The highest BCUT2D eigenvalue weighted by atomic mass is 16.7. The van der Waals surface area contributed by atoms with Crippen LogP contribution in [-0.2, 0) is 57.1 Å². The summed E-state index contributed by atoms with van der Waals surface area (Å²) in [6.07, 6.45) is -6.06. The fraction of sp³-hybridized carbons (Fsp3) is 0.688. The Morgan fingerprint density at radius 2 is 1.40 bits per heavy atom. The monoisotopic (exact) mass is 666 g/mol. The molecular weight excluding hydrogens is 624 g/mol. The Hall–Kier alpha value is -3.98. The van der Waals surface area contributed by atoms with E-state index in [9.17, 15) is 33.9 Å². The molecule has 47 heavy (non-hydrogen) atoms. The van der Waals surface area contributed by atoms with Crippen LogP contribution in [0.2, 0.25) is 0 Å². The van der Waals surface area contributed by atoms with Gasteiger partial charge in [-0.3, -0.25) is 24.0 Å². The largest absolute Gasteiger partial charge is 0.472 e. The number of fused-ring (bicyclic) bond motifs is 1. The molecule has 0 radical (unpaired) electrons. The lowest BCUT2D eigenvalue weighted by Gasteiger charge is -2.66. The van der Waals surface area contributed by atoms with Gasteiger partial charge in [0.25, 0.3) is 0 Å². The predicted molar refractivity (Wildman–Crippen MR) is 155 cm³/mol. The molecule has 1 saturated heterocycles. The van der Waals surface area contributed by atoms with Crippen LogP contribution in [0.3, 0.4) is 0 Å². The summed E-state index contributed by atoms with van der Waals surface area (Å²) in [5.74, 6) is -6.89. The van der Waals surface area contributed by atoms with Crippen LogP contribution in [0, 0.1) is 17.3 Å². The van der Waals surface area contributed by atoms with Crippen molar-refractivity contribution in [2.75, 3.05) is 6.61 Å². The van der Waals surface area contributed by atoms with Crippen molar-refractivity contribution in [1.29, 1.82) is 0 Å². The number of carbonyl (C=O) groups is 6. The van der Waals surface area contributed by atoms with Gasteiger partial charge in [-0.1, -0.05) is 13.8 Å². The van der Waals surface area contributed by atoms with Gasteiger partial charge in [-0.2, -0.15) is 0 Å². The topological polar surface area (TPSA) is 200 Å². The molecule has 2 bridgehead atoms. The van der Waals surface area contributed by atoms with E-state index in [2.05, 4.69) is 0 Å². The van der Waals surface area contributed by atoms with Gasteiger partial charge in [-0.15, -0.1) is 0 Å². The van der Waals surface area contributed by atoms with Crippen molar-refractivity contribution < 1.29 is 71.4 Å². The molecule has 1 aromatic rings. The van der Waals surface area contributed by atoms with Crippen molar-refractivity contribution in [3.05, 3.63) is 24.2 Å². The van der Waals surface area contributed by atoms with E-state index in [1.165, 1.54) is 19.3 Å². The summed E-state index contributed by atoms with van der Waals surface area (Å²) in [6, 6.07) is 1.33. The van der Waals surface area contributed by atoms with Crippen molar-refractivity contribution in [2.24, 2.45) is 17.3 Å². The molecule has 1 aromatic heterocycles. The minimum atomic E-state index is -2.26. The highest BCUT2D eigenvalue weighted by Crippen LogP contribution is 2.69. The van der Waals surface area contributed by atoms with Gasteiger partial charge < -0.3 is 42.7 Å². The normalized spacial score (nSPS) is 35.2. The zero-order chi connectivity index (χ0) is 35.3. The van der Waals surface area contributed by atoms with E-state index in [0.717, 1.165) is 34.0 Å². The Bertz CT molecular complexity index is 1410. The molecule has 0 unspecified atom stereocenters. The maximum Gasteiger partial charge on any atom is 0.341 e. The molecule has 0 amide bonds. The van der Waals surface area contributed by atoms with Crippen LogP contribution in [0.15, 0.2) is 23.0 Å². The number of esters is 6. The number of hydrogen-bond acceptors (Lipinski definition) is 15. The third kappa shape index (κ3) is 5.99.